The highest BCUT2D eigenvalue weighted by molar-refractivity contribution is 6.00. The van der Waals surface area contributed by atoms with Crippen molar-refractivity contribution in [1.29, 1.82) is 0 Å². The second-order valence-electron chi connectivity index (χ2n) is 1.92. The van der Waals surface area contributed by atoms with Gasteiger partial charge in [-0.1, -0.05) is 0 Å². The second-order valence-corrected chi connectivity index (χ2v) is 1.92. The summed E-state index contributed by atoms with van der Waals surface area (Å²) in [6.45, 7) is -0.0306. The van der Waals surface area contributed by atoms with E-state index in [1.165, 1.54) is 0 Å². The molecular weight excluding hydrogens is 156 g/mol. The van der Waals surface area contributed by atoms with E-state index in [0.717, 1.165) is 0 Å². The van der Waals surface area contributed by atoms with Crippen molar-refractivity contribution in [2.24, 2.45) is 0 Å². The maximum absolute atomic E-state index is 10.3. The number of hydrogen-bond donors (Lipinski definition) is 2. The Kier molecular flexibility index (Phi) is 1.79. The van der Waals surface area contributed by atoms with Gasteiger partial charge in [0.2, 0.25) is 0 Å². The van der Waals surface area contributed by atoms with Gasteiger partial charge in [0.25, 0.3) is 0 Å². The van der Waals surface area contributed by atoms with Gasteiger partial charge in [-0.15, -0.1) is 0 Å². The minimum atomic E-state index is -2.47. The van der Waals surface area contributed by atoms with E-state index in [-0.39, 0.29) is 13.2 Å². The van der Waals surface area contributed by atoms with Crippen molar-refractivity contribution in [3.05, 3.63) is 0 Å². The van der Waals surface area contributed by atoms with Crippen LogP contribution in [0.15, 0.2) is 0 Å². The van der Waals surface area contributed by atoms with Crippen molar-refractivity contribution >= 4 is 11.9 Å². The van der Waals surface area contributed by atoms with Crippen LogP contribution >= 0.6 is 0 Å². The first-order valence-corrected chi connectivity index (χ1v) is 2.84. The molecule has 0 bridgehead atoms. The standard InChI is InChI=1S/C5H6O6/c6-3(7)5(4(8)9)10-1-2-11-5/h1-2H2,(H,6,7)(H,8,9). The molecule has 0 aromatic carbocycles. The van der Waals surface area contributed by atoms with Gasteiger partial charge < -0.3 is 19.7 Å². The van der Waals surface area contributed by atoms with Gasteiger partial charge in [0.05, 0.1) is 13.2 Å². The largest absolute Gasteiger partial charge is 0.477 e. The summed E-state index contributed by atoms with van der Waals surface area (Å²) in [7, 11) is 0. The molecule has 11 heavy (non-hydrogen) atoms. The van der Waals surface area contributed by atoms with Crippen molar-refractivity contribution in [3.63, 3.8) is 0 Å². The predicted molar refractivity (Wildman–Crippen MR) is 29.9 cm³/mol. The zero-order valence-corrected chi connectivity index (χ0v) is 5.44. The molecule has 0 amide bonds. The number of carboxylic acid groups (broad SMARTS) is 2. The predicted octanol–water partition coefficient (Wildman–Crippen LogP) is -1.10. The Hall–Kier alpha value is -1.14. The molecule has 1 heterocycles. The second kappa shape index (κ2) is 2.48. The van der Waals surface area contributed by atoms with Gasteiger partial charge in [-0.05, 0) is 0 Å². The first kappa shape index (κ1) is 7.96. The average Bonchev–Trinajstić information content (AvgIpc) is 2.34. The molecule has 6 nitrogen and oxygen atoms in total. The summed E-state index contributed by atoms with van der Waals surface area (Å²) in [4.78, 5) is 20.7. The zero-order chi connectivity index (χ0) is 8.48. The van der Waals surface area contributed by atoms with Crippen molar-refractivity contribution in [3.8, 4) is 0 Å². The molecule has 0 radical (unpaired) electrons. The minimum absolute atomic E-state index is 0.0153. The Balaban J connectivity index is 2.87. The van der Waals surface area contributed by atoms with Gasteiger partial charge in [-0.25, -0.2) is 9.59 Å². The fraction of sp³-hybridized carbons (Fsp3) is 0.600. The van der Waals surface area contributed by atoms with Gasteiger partial charge >= 0.3 is 17.7 Å². The molecule has 0 aromatic rings. The van der Waals surface area contributed by atoms with Gasteiger partial charge in [0.1, 0.15) is 0 Å². The molecule has 1 fully saturated rings. The number of carbonyl (C=O) groups is 2. The molecule has 0 spiro atoms. The summed E-state index contributed by atoms with van der Waals surface area (Å²) in [6, 6.07) is 0. The van der Waals surface area contributed by atoms with Gasteiger partial charge in [0.15, 0.2) is 0 Å². The summed E-state index contributed by atoms with van der Waals surface area (Å²) in [5.41, 5.74) is 0. The first-order chi connectivity index (χ1) is 5.09. The van der Waals surface area contributed by atoms with Gasteiger partial charge in [-0.2, -0.15) is 0 Å². The van der Waals surface area contributed by atoms with Crippen molar-refractivity contribution in [2.75, 3.05) is 13.2 Å². The van der Waals surface area contributed by atoms with Crippen LogP contribution in [-0.2, 0) is 19.1 Å². The highest BCUT2D eigenvalue weighted by Crippen LogP contribution is 2.19. The highest BCUT2D eigenvalue weighted by Gasteiger charge is 2.53. The average molecular weight is 162 g/mol. The number of aliphatic carboxylic acids is 2. The lowest BCUT2D eigenvalue weighted by Crippen LogP contribution is -2.47. The molecule has 6 heteroatoms. The monoisotopic (exact) mass is 162 g/mol. The third-order valence-corrected chi connectivity index (χ3v) is 1.26. The van der Waals surface area contributed by atoms with Crippen LogP contribution in [0.2, 0.25) is 0 Å². The maximum atomic E-state index is 10.3. The molecule has 0 atom stereocenters. The number of hydrogen-bond acceptors (Lipinski definition) is 4. The van der Waals surface area contributed by atoms with Crippen LogP contribution in [0.3, 0.4) is 0 Å². The third kappa shape index (κ3) is 1.06. The van der Waals surface area contributed by atoms with Crippen LogP contribution < -0.4 is 0 Å². The molecular formula is C5H6O6. The Bertz CT molecular complexity index is 175. The van der Waals surface area contributed by atoms with E-state index in [1.807, 2.05) is 0 Å². The zero-order valence-electron chi connectivity index (χ0n) is 5.44. The molecule has 0 aromatic heterocycles. The van der Waals surface area contributed by atoms with E-state index < -0.39 is 17.7 Å². The molecule has 0 aliphatic carbocycles. The van der Waals surface area contributed by atoms with Crippen LogP contribution in [0.1, 0.15) is 0 Å². The van der Waals surface area contributed by atoms with Crippen molar-refractivity contribution < 1.29 is 29.3 Å². The summed E-state index contributed by atoms with van der Waals surface area (Å²) >= 11 is 0. The molecule has 1 rings (SSSR count). The fourth-order valence-electron chi connectivity index (χ4n) is 0.751. The quantitative estimate of drug-likeness (QED) is 0.500. The van der Waals surface area contributed by atoms with E-state index in [0.29, 0.717) is 0 Å². The maximum Gasteiger partial charge on any atom is 0.377 e. The topological polar surface area (TPSA) is 93.1 Å². The Morgan fingerprint density at radius 3 is 1.64 bits per heavy atom. The van der Waals surface area contributed by atoms with Crippen LogP contribution in [0, 0.1) is 0 Å². The molecule has 0 unspecified atom stereocenters. The Morgan fingerprint density at radius 1 is 1.09 bits per heavy atom. The normalized spacial score (nSPS) is 21.5. The highest BCUT2D eigenvalue weighted by atomic mass is 16.8. The fourth-order valence-corrected chi connectivity index (χ4v) is 0.751. The molecule has 0 saturated carbocycles. The number of ether oxygens (including phenoxy) is 2. The van der Waals surface area contributed by atoms with E-state index in [9.17, 15) is 9.59 Å². The van der Waals surface area contributed by atoms with Crippen molar-refractivity contribution in [1.82, 2.24) is 0 Å². The van der Waals surface area contributed by atoms with Crippen LogP contribution in [0.5, 0.6) is 0 Å². The van der Waals surface area contributed by atoms with Crippen LogP contribution in [0.4, 0.5) is 0 Å². The SMILES string of the molecule is O=C(O)C1(C(=O)O)OCCO1. The summed E-state index contributed by atoms with van der Waals surface area (Å²) in [6.07, 6.45) is 0. The smallest absolute Gasteiger partial charge is 0.377 e. The minimum Gasteiger partial charge on any atom is -0.477 e. The number of rotatable bonds is 2. The molecule has 1 aliphatic rings. The Labute approximate surface area is 61.3 Å². The Morgan fingerprint density at radius 2 is 1.45 bits per heavy atom. The van der Waals surface area contributed by atoms with Crippen LogP contribution in [-0.4, -0.2) is 41.2 Å². The number of carboxylic acids is 2. The van der Waals surface area contributed by atoms with Crippen molar-refractivity contribution in [2.45, 2.75) is 5.79 Å². The molecule has 1 aliphatic heterocycles. The lowest BCUT2D eigenvalue weighted by Gasteiger charge is -2.15. The lowest BCUT2D eigenvalue weighted by atomic mass is 10.3. The summed E-state index contributed by atoms with van der Waals surface area (Å²) in [5, 5.41) is 16.8. The van der Waals surface area contributed by atoms with E-state index in [1.54, 1.807) is 0 Å². The van der Waals surface area contributed by atoms with E-state index >= 15 is 0 Å². The molecule has 62 valence electrons. The van der Waals surface area contributed by atoms with Gasteiger partial charge in [0, 0.05) is 0 Å². The lowest BCUT2D eigenvalue weighted by molar-refractivity contribution is -0.214. The summed E-state index contributed by atoms with van der Waals surface area (Å²) < 4.78 is 8.88. The van der Waals surface area contributed by atoms with Gasteiger partial charge in [-0.3, -0.25) is 0 Å². The van der Waals surface area contributed by atoms with E-state index in [4.69, 9.17) is 10.2 Å². The summed E-state index contributed by atoms with van der Waals surface area (Å²) in [5.74, 6) is -5.75. The molecule has 2 N–H and O–H groups in total. The van der Waals surface area contributed by atoms with Crippen LogP contribution in [0.25, 0.3) is 0 Å². The van der Waals surface area contributed by atoms with E-state index in [2.05, 4.69) is 9.47 Å². The third-order valence-electron chi connectivity index (χ3n) is 1.26. The first-order valence-electron chi connectivity index (χ1n) is 2.84. The molecule has 1 saturated heterocycles.